The minimum absolute atomic E-state index is 0.0594. The summed E-state index contributed by atoms with van der Waals surface area (Å²) in [6, 6.07) is 4.32. The average Bonchev–Trinajstić information content (AvgIpc) is 2.24. The van der Waals surface area contributed by atoms with Crippen LogP contribution >= 0.6 is 0 Å². The number of hydrogen-bond donors (Lipinski definition) is 1. The van der Waals surface area contributed by atoms with Gasteiger partial charge in [-0.15, -0.1) is 0 Å². The van der Waals surface area contributed by atoms with Gasteiger partial charge in [-0.3, -0.25) is 0 Å². The summed E-state index contributed by atoms with van der Waals surface area (Å²) in [5.74, 6) is -1.44. The molecule has 2 rings (SSSR count). The molecule has 0 amide bonds. The average molecular weight is 212 g/mol. The topological polar surface area (TPSA) is 20.2 Å². The Hall–Kier alpha value is -0.960. The van der Waals surface area contributed by atoms with Crippen molar-refractivity contribution in [3.8, 4) is 0 Å². The molecule has 3 heteroatoms. The van der Waals surface area contributed by atoms with Gasteiger partial charge in [0.05, 0.1) is 6.10 Å². The molecular weight excluding hydrogens is 198 g/mol. The van der Waals surface area contributed by atoms with E-state index in [-0.39, 0.29) is 12.0 Å². The number of aliphatic hydroxyl groups is 1. The number of hydrogen-bond acceptors (Lipinski definition) is 1. The van der Waals surface area contributed by atoms with E-state index >= 15 is 0 Å². The molecule has 0 aromatic heterocycles. The van der Waals surface area contributed by atoms with Crippen LogP contribution in [0.1, 0.15) is 37.2 Å². The van der Waals surface area contributed by atoms with E-state index in [2.05, 4.69) is 0 Å². The van der Waals surface area contributed by atoms with Crippen molar-refractivity contribution in [3.63, 3.8) is 0 Å². The summed E-state index contributed by atoms with van der Waals surface area (Å²) >= 11 is 0. The van der Waals surface area contributed by atoms with E-state index < -0.39 is 11.6 Å². The maximum absolute atomic E-state index is 13.4. The molecule has 0 saturated heterocycles. The van der Waals surface area contributed by atoms with Crippen LogP contribution in [0.4, 0.5) is 8.78 Å². The minimum atomic E-state index is -0.779. The lowest BCUT2D eigenvalue weighted by molar-refractivity contribution is 0.122. The van der Waals surface area contributed by atoms with Crippen LogP contribution in [0.25, 0.3) is 0 Å². The maximum atomic E-state index is 13.4. The van der Waals surface area contributed by atoms with Gasteiger partial charge in [-0.2, -0.15) is 0 Å². The molecule has 82 valence electrons. The van der Waals surface area contributed by atoms with E-state index in [0.29, 0.717) is 18.4 Å². The molecule has 1 aromatic rings. The number of benzene rings is 1. The molecule has 0 unspecified atom stereocenters. The van der Waals surface area contributed by atoms with Gasteiger partial charge < -0.3 is 5.11 Å². The Morgan fingerprint density at radius 2 is 1.73 bits per heavy atom. The molecule has 1 aliphatic carbocycles. The highest BCUT2D eigenvalue weighted by molar-refractivity contribution is 5.23. The van der Waals surface area contributed by atoms with Crippen LogP contribution in [0.2, 0.25) is 0 Å². The van der Waals surface area contributed by atoms with Crippen molar-refractivity contribution in [2.75, 3.05) is 0 Å². The Balaban J connectivity index is 2.19. The van der Waals surface area contributed by atoms with E-state index in [1.165, 1.54) is 0 Å². The van der Waals surface area contributed by atoms with Crippen molar-refractivity contribution in [2.45, 2.75) is 37.7 Å². The summed E-state index contributed by atoms with van der Waals surface area (Å²) in [6.07, 6.45) is 2.57. The van der Waals surface area contributed by atoms with Crippen LogP contribution in [0.15, 0.2) is 18.2 Å². The summed E-state index contributed by atoms with van der Waals surface area (Å²) in [7, 11) is 0. The molecular formula is C12H14F2O. The van der Waals surface area contributed by atoms with Crippen molar-refractivity contribution in [2.24, 2.45) is 0 Å². The van der Waals surface area contributed by atoms with Crippen LogP contribution in [0.5, 0.6) is 0 Å². The molecule has 1 fully saturated rings. The molecule has 1 aliphatic rings. The molecule has 0 bridgehead atoms. The van der Waals surface area contributed by atoms with Crippen molar-refractivity contribution in [1.82, 2.24) is 0 Å². The first-order chi connectivity index (χ1) is 7.18. The molecule has 0 atom stereocenters. The van der Waals surface area contributed by atoms with Gasteiger partial charge in [-0.05, 0) is 43.2 Å². The third kappa shape index (κ3) is 2.17. The van der Waals surface area contributed by atoms with Gasteiger partial charge in [0.15, 0.2) is 11.6 Å². The standard InChI is InChI=1S/C12H14F2O/c13-11-3-1-2-10(12(11)14)8-4-6-9(15)7-5-8/h1-3,8-9,15H,4-7H2. The van der Waals surface area contributed by atoms with Crippen molar-refractivity contribution in [1.29, 1.82) is 0 Å². The molecule has 1 nitrogen and oxygen atoms in total. The maximum Gasteiger partial charge on any atom is 0.162 e. The molecule has 0 spiro atoms. The Morgan fingerprint density at radius 3 is 2.40 bits per heavy atom. The predicted octanol–water partition coefficient (Wildman–Crippen LogP) is 2.98. The van der Waals surface area contributed by atoms with Gasteiger partial charge >= 0.3 is 0 Å². The molecule has 1 N–H and O–H groups in total. The molecule has 1 saturated carbocycles. The fourth-order valence-electron chi connectivity index (χ4n) is 2.22. The van der Waals surface area contributed by atoms with Crippen LogP contribution in [0.3, 0.4) is 0 Å². The number of halogens is 2. The lowest BCUT2D eigenvalue weighted by Crippen LogP contribution is -2.17. The van der Waals surface area contributed by atoms with Crippen molar-refractivity contribution in [3.05, 3.63) is 35.4 Å². The quantitative estimate of drug-likeness (QED) is 0.758. The van der Waals surface area contributed by atoms with E-state index in [1.807, 2.05) is 0 Å². The number of aliphatic hydroxyl groups excluding tert-OH is 1. The van der Waals surface area contributed by atoms with Crippen LogP contribution in [-0.4, -0.2) is 11.2 Å². The van der Waals surface area contributed by atoms with Gasteiger partial charge in [0.1, 0.15) is 0 Å². The van der Waals surface area contributed by atoms with E-state index in [0.717, 1.165) is 18.9 Å². The second-order valence-electron chi connectivity index (χ2n) is 4.15. The zero-order valence-electron chi connectivity index (χ0n) is 8.42. The summed E-state index contributed by atoms with van der Waals surface area (Å²) < 4.78 is 26.4. The van der Waals surface area contributed by atoms with E-state index in [4.69, 9.17) is 0 Å². The Bertz CT molecular complexity index is 343. The second kappa shape index (κ2) is 4.27. The first-order valence-corrected chi connectivity index (χ1v) is 5.30. The highest BCUT2D eigenvalue weighted by Gasteiger charge is 2.23. The monoisotopic (exact) mass is 212 g/mol. The molecule has 0 radical (unpaired) electrons. The third-order valence-electron chi connectivity index (χ3n) is 3.12. The lowest BCUT2D eigenvalue weighted by atomic mass is 9.82. The second-order valence-corrected chi connectivity index (χ2v) is 4.15. The highest BCUT2D eigenvalue weighted by Crippen LogP contribution is 2.34. The molecule has 0 heterocycles. The molecule has 15 heavy (non-hydrogen) atoms. The van der Waals surface area contributed by atoms with Crippen LogP contribution in [0, 0.1) is 11.6 Å². The minimum Gasteiger partial charge on any atom is -0.393 e. The van der Waals surface area contributed by atoms with Crippen molar-refractivity contribution < 1.29 is 13.9 Å². The predicted molar refractivity (Wildman–Crippen MR) is 53.6 cm³/mol. The lowest BCUT2D eigenvalue weighted by Gasteiger charge is -2.25. The van der Waals surface area contributed by atoms with Gasteiger partial charge in [0.2, 0.25) is 0 Å². The van der Waals surface area contributed by atoms with Gasteiger partial charge in [0.25, 0.3) is 0 Å². The fraction of sp³-hybridized carbons (Fsp3) is 0.500. The SMILES string of the molecule is OC1CCC(c2cccc(F)c2F)CC1. The summed E-state index contributed by atoms with van der Waals surface area (Å²) in [5, 5.41) is 9.33. The highest BCUT2D eigenvalue weighted by atomic mass is 19.2. The van der Waals surface area contributed by atoms with Gasteiger partial charge in [0, 0.05) is 0 Å². The van der Waals surface area contributed by atoms with Crippen LogP contribution in [-0.2, 0) is 0 Å². The summed E-state index contributed by atoms with van der Waals surface area (Å²) in [5.41, 5.74) is 0.460. The van der Waals surface area contributed by atoms with Crippen molar-refractivity contribution >= 4 is 0 Å². The first-order valence-electron chi connectivity index (χ1n) is 5.30. The zero-order chi connectivity index (χ0) is 10.8. The van der Waals surface area contributed by atoms with Gasteiger partial charge in [-0.25, -0.2) is 8.78 Å². The summed E-state index contributed by atoms with van der Waals surface area (Å²) in [6.45, 7) is 0. The third-order valence-corrected chi connectivity index (χ3v) is 3.12. The Labute approximate surface area is 87.7 Å². The van der Waals surface area contributed by atoms with Crippen LogP contribution < -0.4 is 0 Å². The normalized spacial score (nSPS) is 26.6. The molecule has 1 aromatic carbocycles. The summed E-state index contributed by atoms with van der Waals surface area (Å²) in [4.78, 5) is 0. The van der Waals surface area contributed by atoms with E-state index in [1.54, 1.807) is 12.1 Å². The number of rotatable bonds is 1. The smallest absolute Gasteiger partial charge is 0.162 e. The zero-order valence-corrected chi connectivity index (χ0v) is 8.42. The molecule has 0 aliphatic heterocycles. The Morgan fingerprint density at radius 1 is 1.07 bits per heavy atom. The van der Waals surface area contributed by atoms with Gasteiger partial charge in [-0.1, -0.05) is 12.1 Å². The first kappa shape index (κ1) is 10.6. The Kier molecular flexibility index (Phi) is 3.00. The van der Waals surface area contributed by atoms with E-state index in [9.17, 15) is 13.9 Å². The fourth-order valence-corrected chi connectivity index (χ4v) is 2.22. The largest absolute Gasteiger partial charge is 0.393 e.